The average molecular weight is 504 g/mol. The smallest absolute Gasteiger partial charge is 0.261 e. The first-order valence-corrected chi connectivity index (χ1v) is 11.9. The van der Waals surface area contributed by atoms with Gasteiger partial charge in [0.1, 0.15) is 0 Å². The second-order valence-electron chi connectivity index (χ2n) is 8.84. The lowest BCUT2D eigenvalue weighted by atomic mass is 10.1. The van der Waals surface area contributed by atoms with Gasteiger partial charge in [-0.05, 0) is 55.5 Å². The van der Waals surface area contributed by atoms with E-state index in [1.807, 2.05) is 36.4 Å². The van der Waals surface area contributed by atoms with Crippen LogP contribution >= 0.6 is 0 Å². The Morgan fingerprint density at radius 2 is 0.947 bits per heavy atom. The molecule has 7 rings (SSSR count). The first-order chi connectivity index (χ1) is 18.0. The monoisotopic (exact) mass is 503 g/mol. The molecule has 7 heteroatoms. The van der Waals surface area contributed by atoms with Gasteiger partial charge in [-0.3, -0.25) is 24.1 Å². The van der Waals surface area contributed by atoms with Crippen LogP contribution in [0.2, 0.25) is 0 Å². The fraction of sp³-hybridized carbons (Fsp3) is 0.0968. The number of imide groups is 1. The molecule has 0 unspecified atom stereocenters. The third kappa shape index (κ3) is 3.76. The van der Waals surface area contributed by atoms with Crippen LogP contribution in [-0.2, 0) is 0 Å². The summed E-state index contributed by atoms with van der Waals surface area (Å²) in [5.41, 5.74) is 3.87. The first-order valence-electron chi connectivity index (χ1n) is 11.9. The lowest BCUT2D eigenvalue weighted by Gasteiger charge is -2.08. The van der Waals surface area contributed by atoms with Crippen LogP contribution in [0.3, 0.4) is 0 Å². The van der Waals surface area contributed by atoms with Gasteiger partial charge in [0.15, 0.2) is 10.9 Å². The van der Waals surface area contributed by atoms with Crippen molar-refractivity contribution in [2.24, 2.45) is 0 Å². The normalized spacial score (nSPS) is 12.5. The Morgan fingerprint density at radius 3 is 1.37 bits per heavy atom. The number of hydrogen-bond acceptors (Lipinski definition) is 4. The van der Waals surface area contributed by atoms with E-state index in [0.717, 1.165) is 11.0 Å². The van der Waals surface area contributed by atoms with Crippen LogP contribution in [0.15, 0.2) is 94.5 Å². The van der Waals surface area contributed by atoms with Gasteiger partial charge in [0.2, 0.25) is 0 Å². The number of pyridine rings is 2. The van der Waals surface area contributed by atoms with Gasteiger partial charge in [0.25, 0.3) is 11.8 Å². The molecule has 2 N–H and O–H groups in total. The van der Waals surface area contributed by atoms with E-state index >= 15 is 0 Å². The van der Waals surface area contributed by atoms with Crippen LogP contribution in [0.25, 0.3) is 43.6 Å². The maximum Gasteiger partial charge on any atom is 0.261 e. The minimum Gasteiger partial charge on any atom is -0.354 e. The number of H-pyrrole nitrogens is 2. The number of rotatable bonds is 1. The standard InChI is InChI=1S/C20H12N2O2.C10H9NO2.CH4/c23-19-11-5-1-3-7-15(11)21-17-10-14-18(9-13(17)19)22-16-8-4-2-6-12(16)20(14)24;1-2-11-9(12)7-5-3-4-6-8(7)10(11)13;/h1-10H,(H,21,23)(H,22,24);3-6H,2H2,1H3;1H4. The van der Waals surface area contributed by atoms with Crippen molar-refractivity contribution in [3.05, 3.63) is 117 Å². The van der Waals surface area contributed by atoms with Crippen molar-refractivity contribution in [3.8, 4) is 0 Å². The van der Waals surface area contributed by atoms with Crippen molar-refractivity contribution in [3.63, 3.8) is 0 Å². The number of carbonyl (C=O) groups excluding carboxylic acids is 2. The number of nitrogens with zero attached hydrogens (tertiary/aromatic N) is 1. The number of fused-ring (bicyclic) bond motifs is 5. The SMILES string of the molecule is C.CCN1C(=O)c2ccccc2C1=O.O=c1c2ccccc2[nH]c2cc3c(=O)c4ccccc4[nH]c3cc12. The summed E-state index contributed by atoms with van der Waals surface area (Å²) in [6.45, 7) is 2.23. The summed E-state index contributed by atoms with van der Waals surface area (Å²) in [7, 11) is 0. The fourth-order valence-corrected chi connectivity index (χ4v) is 4.87. The first kappa shape index (κ1) is 24.6. The van der Waals surface area contributed by atoms with Gasteiger partial charge in [0, 0.05) is 39.1 Å². The molecule has 2 amide bonds. The summed E-state index contributed by atoms with van der Waals surface area (Å²) in [6.07, 6.45) is 0. The zero-order chi connectivity index (χ0) is 25.7. The fourth-order valence-electron chi connectivity index (χ4n) is 4.87. The third-order valence-electron chi connectivity index (χ3n) is 6.72. The minimum absolute atomic E-state index is 0. The molecule has 38 heavy (non-hydrogen) atoms. The maximum atomic E-state index is 12.8. The molecule has 0 atom stereocenters. The van der Waals surface area contributed by atoms with Crippen molar-refractivity contribution in [1.82, 2.24) is 14.9 Å². The van der Waals surface area contributed by atoms with Crippen LogP contribution in [0, 0.1) is 0 Å². The summed E-state index contributed by atoms with van der Waals surface area (Å²) in [5, 5.41) is 2.44. The molecule has 0 aliphatic carbocycles. The zero-order valence-corrected chi connectivity index (χ0v) is 19.9. The summed E-state index contributed by atoms with van der Waals surface area (Å²) in [6, 6.07) is 25.2. The van der Waals surface area contributed by atoms with Gasteiger partial charge in [-0.2, -0.15) is 0 Å². The van der Waals surface area contributed by atoms with Crippen LogP contribution in [0.4, 0.5) is 0 Å². The predicted molar refractivity (Wildman–Crippen MR) is 152 cm³/mol. The molecule has 7 nitrogen and oxygen atoms in total. The van der Waals surface area contributed by atoms with Crippen molar-refractivity contribution >= 4 is 55.4 Å². The van der Waals surface area contributed by atoms with Gasteiger partial charge in [-0.25, -0.2) is 0 Å². The maximum absolute atomic E-state index is 12.8. The predicted octanol–water partition coefficient (Wildman–Crippen LogP) is 5.61. The van der Waals surface area contributed by atoms with E-state index in [4.69, 9.17) is 0 Å². The van der Waals surface area contributed by atoms with Crippen molar-refractivity contribution < 1.29 is 9.59 Å². The molecule has 2 aromatic heterocycles. The Kier molecular flexibility index (Phi) is 6.12. The summed E-state index contributed by atoms with van der Waals surface area (Å²) in [5.74, 6) is -0.355. The summed E-state index contributed by atoms with van der Waals surface area (Å²) in [4.78, 5) is 56.4. The summed E-state index contributed by atoms with van der Waals surface area (Å²) >= 11 is 0. The molecule has 4 aromatic carbocycles. The summed E-state index contributed by atoms with van der Waals surface area (Å²) < 4.78 is 0. The number of aromatic nitrogens is 2. The van der Waals surface area contributed by atoms with Crippen molar-refractivity contribution in [2.45, 2.75) is 14.4 Å². The molecule has 1 aliphatic heterocycles. The lowest BCUT2D eigenvalue weighted by Crippen LogP contribution is -2.29. The number of carbonyl (C=O) groups is 2. The highest BCUT2D eigenvalue weighted by atomic mass is 16.2. The number of hydrogen-bond donors (Lipinski definition) is 2. The highest BCUT2D eigenvalue weighted by molar-refractivity contribution is 6.21. The molecule has 3 heterocycles. The van der Waals surface area contributed by atoms with E-state index in [9.17, 15) is 19.2 Å². The Bertz CT molecular complexity index is 1880. The molecule has 0 radical (unpaired) electrons. The molecule has 0 saturated carbocycles. The Hall–Kier alpha value is -5.04. The van der Waals surface area contributed by atoms with Gasteiger partial charge in [0.05, 0.1) is 22.2 Å². The number of benzene rings is 4. The van der Waals surface area contributed by atoms with Gasteiger partial charge in [-0.1, -0.05) is 43.8 Å². The number of amides is 2. The zero-order valence-electron chi connectivity index (χ0n) is 19.9. The van der Waals surface area contributed by atoms with E-state index in [1.54, 1.807) is 55.5 Å². The highest BCUT2D eigenvalue weighted by Gasteiger charge is 2.33. The van der Waals surface area contributed by atoms with E-state index in [-0.39, 0.29) is 30.1 Å². The lowest BCUT2D eigenvalue weighted by molar-refractivity contribution is 0.0663. The number of para-hydroxylation sites is 2. The highest BCUT2D eigenvalue weighted by Crippen LogP contribution is 2.22. The van der Waals surface area contributed by atoms with Crippen molar-refractivity contribution in [2.75, 3.05) is 6.54 Å². The quantitative estimate of drug-likeness (QED) is 0.225. The molecule has 6 aromatic rings. The van der Waals surface area contributed by atoms with Gasteiger partial charge in [-0.15, -0.1) is 0 Å². The Labute approximate surface area is 217 Å². The Balaban J connectivity index is 0.000000179. The second kappa shape index (κ2) is 9.44. The van der Waals surface area contributed by atoms with E-state index < -0.39 is 0 Å². The van der Waals surface area contributed by atoms with Crippen LogP contribution in [-0.4, -0.2) is 33.2 Å². The average Bonchev–Trinajstić information content (AvgIpc) is 3.18. The van der Waals surface area contributed by atoms with Crippen LogP contribution in [0.5, 0.6) is 0 Å². The minimum atomic E-state index is -0.178. The molecular weight excluding hydrogens is 478 g/mol. The van der Waals surface area contributed by atoms with Crippen LogP contribution in [0.1, 0.15) is 35.1 Å². The molecule has 0 fully saturated rings. The molecule has 0 spiro atoms. The van der Waals surface area contributed by atoms with Crippen LogP contribution < -0.4 is 10.9 Å². The van der Waals surface area contributed by atoms with E-state index in [0.29, 0.717) is 50.2 Å². The second-order valence-corrected chi connectivity index (χ2v) is 8.84. The van der Waals surface area contributed by atoms with Crippen molar-refractivity contribution in [1.29, 1.82) is 0 Å². The molecular formula is C31H25N3O4. The molecule has 0 bridgehead atoms. The largest absolute Gasteiger partial charge is 0.354 e. The molecule has 1 aliphatic rings. The van der Waals surface area contributed by atoms with Gasteiger partial charge >= 0.3 is 0 Å². The number of nitrogens with one attached hydrogen (secondary N) is 2. The van der Waals surface area contributed by atoms with Gasteiger partial charge < -0.3 is 9.97 Å². The third-order valence-corrected chi connectivity index (χ3v) is 6.72. The molecule has 0 saturated heterocycles. The topological polar surface area (TPSA) is 103 Å². The van der Waals surface area contributed by atoms with E-state index in [1.165, 1.54) is 4.90 Å². The number of aromatic amines is 2. The Morgan fingerprint density at radius 1 is 0.553 bits per heavy atom. The van der Waals surface area contributed by atoms with E-state index in [2.05, 4.69) is 9.97 Å². The molecule has 188 valence electrons.